The predicted octanol–water partition coefficient (Wildman–Crippen LogP) is 2.41. The van der Waals surface area contributed by atoms with Gasteiger partial charge in [-0.25, -0.2) is 0 Å². The Balaban J connectivity index is 2.26. The van der Waals surface area contributed by atoms with Crippen molar-refractivity contribution in [2.45, 2.75) is 77.3 Å². The van der Waals surface area contributed by atoms with Crippen LogP contribution in [0.25, 0.3) is 0 Å². The van der Waals surface area contributed by atoms with Crippen LogP contribution in [0.2, 0.25) is 0 Å². The molecule has 0 amide bonds. The molecule has 0 aromatic heterocycles. The summed E-state index contributed by atoms with van der Waals surface area (Å²) < 4.78 is 6.20. The zero-order chi connectivity index (χ0) is 13.6. The minimum Gasteiger partial charge on any atom is -0.390 e. The molecule has 104 valence electrons. The second kappa shape index (κ2) is 4.62. The summed E-state index contributed by atoms with van der Waals surface area (Å²) in [6, 6.07) is 0. The third-order valence-electron chi connectivity index (χ3n) is 4.25. The van der Waals surface area contributed by atoms with Crippen LogP contribution in [0, 0.1) is 5.41 Å². The molecule has 0 aliphatic heterocycles. The fourth-order valence-electron chi connectivity index (χ4n) is 3.31. The Labute approximate surface area is 110 Å². The van der Waals surface area contributed by atoms with Gasteiger partial charge in [-0.05, 0) is 46.5 Å². The van der Waals surface area contributed by atoms with Crippen molar-refractivity contribution >= 4 is 0 Å². The molecule has 3 nitrogen and oxygen atoms in total. The second-order valence-corrected chi connectivity index (χ2v) is 6.98. The third kappa shape index (κ3) is 2.63. The summed E-state index contributed by atoms with van der Waals surface area (Å²) in [5.41, 5.74) is 0.974. The van der Waals surface area contributed by atoms with Crippen LogP contribution >= 0.6 is 0 Å². The van der Waals surface area contributed by atoms with Crippen LogP contribution in [0.3, 0.4) is 0 Å². The van der Waals surface area contributed by atoms with Crippen molar-refractivity contribution in [2.75, 3.05) is 0 Å². The Morgan fingerprint density at radius 1 is 1.33 bits per heavy atom. The Bertz CT molecular complexity index is 342. The molecule has 0 unspecified atom stereocenters. The Hall–Kier alpha value is -0.380. The molecule has 18 heavy (non-hydrogen) atoms. The van der Waals surface area contributed by atoms with Crippen LogP contribution in [0.15, 0.2) is 11.6 Å². The molecule has 0 heterocycles. The lowest BCUT2D eigenvalue weighted by Gasteiger charge is -2.49. The van der Waals surface area contributed by atoms with Crippen molar-refractivity contribution in [1.29, 1.82) is 0 Å². The highest BCUT2D eigenvalue weighted by atomic mass is 16.5. The van der Waals surface area contributed by atoms with Crippen molar-refractivity contribution < 1.29 is 14.9 Å². The summed E-state index contributed by atoms with van der Waals surface area (Å²) in [5.74, 6) is 0. The molecule has 0 aromatic rings. The van der Waals surface area contributed by atoms with Crippen LogP contribution < -0.4 is 0 Å². The minimum atomic E-state index is -0.707. The van der Waals surface area contributed by atoms with Crippen molar-refractivity contribution in [3.63, 3.8) is 0 Å². The largest absolute Gasteiger partial charge is 0.390 e. The lowest BCUT2D eigenvalue weighted by atomic mass is 9.63. The SMILES string of the molecule is CC(C)(C)O[C@H]1CCCC2=C[C@H](O)[C@@H](O)C[C@@]21C. The minimum absolute atomic E-state index is 0.121. The molecule has 0 radical (unpaired) electrons. The summed E-state index contributed by atoms with van der Waals surface area (Å²) >= 11 is 0. The van der Waals surface area contributed by atoms with Crippen LogP contribution in [0.4, 0.5) is 0 Å². The van der Waals surface area contributed by atoms with Gasteiger partial charge in [0.1, 0.15) is 0 Å². The fraction of sp³-hybridized carbons (Fsp3) is 0.867. The summed E-state index contributed by atoms with van der Waals surface area (Å²) in [6.45, 7) is 8.39. The normalized spacial score (nSPS) is 41.2. The number of hydrogen-bond donors (Lipinski definition) is 2. The zero-order valence-corrected chi connectivity index (χ0v) is 11.9. The topological polar surface area (TPSA) is 49.7 Å². The van der Waals surface area contributed by atoms with E-state index < -0.39 is 12.2 Å². The molecule has 4 atom stereocenters. The molecule has 1 saturated carbocycles. The van der Waals surface area contributed by atoms with Gasteiger partial charge in [0.15, 0.2) is 0 Å². The molecule has 0 bridgehead atoms. The molecule has 0 saturated heterocycles. The molecular formula is C15H26O3. The van der Waals surface area contributed by atoms with E-state index in [1.54, 1.807) is 0 Å². The molecular weight excluding hydrogens is 228 g/mol. The van der Waals surface area contributed by atoms with Gasteiger partial charge in [-0.15, -0.1) is 0 Å². The van der Waals surface area contributed by atoms with E-state index in [2.05, 4.69) is 27.7 Å². The van der Waals surface area contributed by atoms with Crippen molar-refractivity contribution in [2.24, 2.45) is 5.41 Å². The quantitative estimate of drug-likeness (QED) is 0.707. The van der Waals surface area contributed by atoms with Gasteiger partial charge in [0, 0.05) is 5.41 Å². The first-order chi connectivity index (χ1) is 8.22. The van der Waals surface area contributed by atoms with E-state index in [9.17, 15) is 10.2 Å². The van der Waals surface area contributed by atoms with Crippen molar-refractivity contribution in [1.82, 2.24) is 0 Å². The second-order valence-electron chi connectivity index (χ2n) is 6.98. The Morgan fingerprint density at radius 3 is 2.61 bits per heavy atom. The average Bonchev–Trinajstić information content (AvgIpc) is 2.21. The number of fused-ring (bicyclic) bond motifs is 1. The van der Waals surface area contributed by atoms with Gasteiger partial charge in [0.2, 0.25) is 0 Å². The van der Waals surface area contributed by atoms with Gasteiger partial charge in [-0.1, -0.05) is 18.6 Å². The van der Waals surface area contributed by atoms with E-state index in [1.807, 2.05) is 6.08 Å². The lowest BCUT2D eigenvalue weighted by molar-refractivity contribution is -0.132. The molecule has 1 fully saturated rings. The number of rotatable bonds is 1. The summed E-state index contributed by atoms with van der Waals surface area (Å²) in [5, 5.41) is 19.7. The molecule has 2 aliphatic rings. The number of aliphatic hydroxyl groups is 2. The van der Waals surface area contributed by atoms with Crippen LogP contribution in [0.5, 0.6) is 0 Å². The average molecular weight is 254 g/mol. The van der Waals surface area contributed by atoms with Crippen LogP contribution in [-0.4, -0.2) is 34.1 Å². The van der Waals surface area contributed by atoms with Crippen LogP contribution in [-0.2, 0) is 4.74 Å². The standard InChI is InChI=1S/C15H26O3/c1-14(2,3)18-13-7-5-6-10-8-11(16)12(17)9-15(10,13)4/h8,11-13,16-17H,5-7,9H2,1-4H3/t11-,12-,13-,15-/m0/s1. The smallest absolute Gasteiger partial charge is 0.0983 e. The number of ether oxygens (including phenoxy) is 1. The van der Waals surface area contributed by atoms with Crippen molar-refractivity contribution in [3.05, 3.63) is 11.6 Å². The maximum atomic E-state index is 9.95. The Kier molecular flexibility index (Phi) is 3.60. The fourth-order valence-corrected chi connectivity index (χ4v) is 3.31. The molecule has 0 aromatic carbocycles. The first-order valence-electron chi connectivity index (χ1n) is 6.97. The maximum absolute atomic E-state index is 9.95. The number of hydrogen-bond acceptors (Lipinski definition) is 3. The van der Waals surface area contributed by atoms with Gasteiger partial charge < -0.3 is 14.9 Å². The van der Waals surface area contributed by atoms with Gasteiger partial charge in [0.05, 0.1) is 23.9 Å². The highest BCUT2D eigenvalue weighted by molar-refractivity contribution is 5.25. The van der Waals surface area contributed by atoms with E-state index in [-0.39, 0.29) is 17.1 Å². The van der Waals surface area contributed by atoms with E-state index in [0.717, 1.165) is 19.3 Å². The first kappa shape index (κ1) is 14.0. The summed E-state index contributed by atoms with van der Waals surface area (Å²) in [6.07, 6.45) is 4.38. The van der Waals surface area contributed by atoms with Gasteiger partial charge >= 0.3 is 0 Å². The maximum Gasteiger partial charge on any atom is 0.0983 e. The zero-order valence-electron chi connectivity index (χ0n) is 11.9. The van der Waals surface area contributed by atoms with Crippen molar-refractivity contribution in [3.8, 4) is 0 Å². The highest BCUT2D eigenvalue weighted by Gasteiger charge is 2.47. The van der Waals surface area contributed by atoms with Gasteiger partial charge in [-0.3, -0.25) is 0 Å². The molecule has 3 heteroatoms. The lowest BCUT2D eigenvalue weighted by Crippen LogP contribution is -2.49. The summed E-state index contributed by atoms with van der Waals surface area (Å²) in [7, 11) is 0. The van der Waals surface area contributed by atoms with E-state index in [1.165, 1.54) is 5.57 Å². The van der Waals surface area contributed by atoms with E-state index in [4.69, 9.17) is 4.74 Å². The van der Waals surface area contributed by atoms with Crippen LogP contribution in [0.1, 0.15) is 53.4 Å². The monoisotopic (exact) mass is 254 g/mol. The number of aliphatic hydroxyl groups excluding tert-OH is 2. The highest BCUT2D eigenvalue weighted by Crippen LogP contribution is 2.49. The molecule has 2 N–H and O–H groups in total. The Morgan fingerprint density at radius 2 is 2.00 bits per heavy atom. The van der Waals surface area contributed by atoms with E-state index in [0.29, 0.717) is 6.42 Å². The molecule has 0 spiro atoms. The molecule has 2 rings (SSSR count). The van der Waals surface area contributed by atoms with Gasteiger partial charge in [0.25, 0.3) is 0 Å². The first-order valence-corrected chi connectivity index (χ1v) is 6.97. The van der Waals surface area contributed by atoms with Gasteiger partial charge in [-0.2, -0.15) is 0 Å². The summed E-state index contributed by atoms with van der Waals surface area (Å²) in [4.78, 5) is 0. The van der Waals surface area contributed by atoms with E-state index >= 15 is 0 Å². The third-order valence-corrected chi connectivity index (χ3v) is 4.25. The molecule has 2 aliphatic carbocycles. The predicted molar refractivity (Wildman–Crippen MR) is 71.3 cm³/mol.